The minimum absolute atomic E-state index is 0.187. The Hall–Kier alpha value is -1.06. The zero-order chi connectivity index (χ0) is 8.69. The van der Waals surface area contributed by atoms with Crippen LogP contribution in [-0.2, 0) is 9.59 Å². The van der Waals surface area contributed by atoms with Gasteiger partial charge in [-0.05, 0) is 12.8 Å². The molecule has 0 heterocycles. The van der Waals surface area contributed by atoms with E-state index < -0.39 is 5.97 Å². The summed E-state index contributed by atoms with van der Waals surface area (Å²) >= 11 is 0. The fraction of sp³-hybridized carbons (Fsp3) is 0.714. The van der Waals surface area contributed by atoms with Crippen LogP contribution in [0, 0.1) is 0 Å². The lowest BCUT2D eigenvalue weighted by molar-refractivity contribution is -0.137. The normalized spacial score (nSPS) is 9.18. The van der Waals surface area contributed by atoms with Crippen molar-refractivity contribution in [3.05, 3.63) is 0 Å². The number of carboxylic acids is 1. The second-order valence-electron chi connectivity index (χ2n) is 2.44. The summed E-state index contributed by atoms with van der Waals surface area (Å²) < 4.78 is 0. The molecule has 0 saturated heterocycles. The van der Waals surface area contributed by atoms with Crippen LogP contribution < -0.4 is 0 Å². The number of carbonyl (C=O) groups is 2. The molecule has 0 fully saturated rings. The summed E-state index contributed by atoms with van der Waals surface area (Å²) in [6.45, 7) is 0.636. The third-order valence-electron chi connectivity index (χ3n) is 1.33. The number of carboxylic acid groups (broad SMARTS) is 1. The number of nitrogens with zero attached hydrogens (tertiary/aromatic N) is 1. The Morgan fingerprint density at radius 1 is 1.55 bits per heavy atom. The van der Waals surface area contributed by atoms with Crippen LogP contribution in [0.4, 0.5) is 0 Å². The summed E-state index contributed by atoms with van der Waals surface area (Å²) in [5.74, 6) is -0.779. The van der Waals surface area contributed by atoms with Crippen molar-refractivity contribution in [1.82, 2.24) is 4.90 Å². The molecule has 0 saturated carbocycles. The van der Waals surface area contributed by atoms with Crippen LogP contribution in [0.1, 0.15) is 19.3 Å². The highest BCUT2D eigenvalue weighted by atomic mass is 16.4. The topological polar surface area (TPSA) is 57.6 Å². The van der Waals surface area contributed by atoms with Gasteiger partial charge in [0.05, 0.1) is 0 Å². The van der Waals surface area contributed by atoms with Crippen molar-refractivity contribution in [3.8, 4) is 0 Å². The van der Waals surface area contributed by atoms with Crippen molar-refractivity contribution >= 4 is 12.4 Å². The number of hydrogen-bond donors (Lipinski definition) is 1. The molecule has 0 aromatic heterocycles. The molecule has 0 aromatic carbocycles. The first kappa shape index (κ1) is 9.94. The largest absolute Gasteiger partial charge is 0.481 e. The van der Waals surface area contributed by atoms with Crippen LogP contribution in [0.2, 0.25) is 0 Å². The number of rotatable bonds is 6. The molecular formula is C7H13NO3. The highest BCUT2D eigenvalue weighted by molar-refractivity contribution is 5.66. The average Bonchev–Trinajstić information content (AvgIpc) is 1.97. The molecule has 0 atom stereocenters. The second kappa shape index (κ2) is 5.70. The lowest BCUT2D eigenvalue weighted by atomic mass is 10.2. The van der Waals surface area contributed by atoms with Crippen molar-refractivity contribution in [2.24, 2.45) is 0 Å². The van der Waals surface area contributed by atoms with Gasteiger partial charge in [-0.3, -0.25) is 9.59 Å². The Kier molecular flexibility index (Phi) is 5.15. The average molecular weight is 159 g/mol. The highest BCUT2D eigenvalue weighted by Crippen LogP contribution is 1.95. The maximum Gasteiger partial charge on any atom is 0.303 e. The van der Waals surface area contributed by atoms with E-state index in [2.05, 4.69) is 0 Å². The van der Waals surface area contributed by atoms with E-state index >= 15 is 0 Å². The van der Waals surface area contributed by atoms with Crippen LogP contribution in [0.5, 0.6) is 0 Å². The van der Waals surface area contributed by atoms with Gasteiger partial charge in [0, 0.05) is 20.0 Å². The first-order chi connectivity index (χ1) is 5.16. The molecule has 1 N–H and O–H groups in total. The van der Waals surface area contributed by atoms with Crippen LogP contribution >= 0.6 is 0 Å². The van der Waals surface area contributed by atoms with Crippen LogP contribution in [0.25, 0.3) is 0 Å². The molecule has 0 aliphatic heterocycles. The van der Waals surface area contributed by atoms with Gasteiger partial charge >= 0.3 is 5.97 Å². The molecule has 0 unspecified atom stereocenters. The lowest BCUT2D eigenvalue weighted by Gasteiger charge is -2.08. The summed E-state index contributed by atoms with van der Waals surface area (Å²) in [4.78, 5) is 21.6. The van der Waals surface area contributed by atoms with Gasteiger partial charge in [0.15, 0.2) is 0 Å². The molecule has 64 valence electrons. The molecule has 1 amide bonds. The van der Waals surface area contributed by atoms with E-state index in [0.717, 1.165) is 12.8 Å². The van der Waals surface area contributed by atoms with Gasteiger partial charge < -0.3 is 10.0 Å². The van der Waals surface area contributed by atoms with Gasteiger partial charge in [0.2, 0.25) is 6.41 Å². The van der Waals surface area contributed by atoms with E-state index in [1.807, 2.05) is 0 Å². The number of hydrogen-bond acceptors (Lipinski definition) is 2. The van der Waals surface area contributed by atoms with Crippen molar-refractivity contribution in [1.29, 1.82) is 0 Å². The van der Waals surface area contributed by atoms with Gasteiger partial charge in [-0.2, -0.15) is 0 Å². The minimum atomic E-state index is -0.779. The number of aliphatic carboxylic acids is 1. The Labute approximate surface area is 65.8 Å². The van der Waals surface area contributed by atoms with Gasteiger partial charge in [-0.15, -0.1) is 0 Å². The third kappa shape index (κ3) is 6.83. The molecule has 0 aliphatic carbocycles. The maximum atomic E-state index is 10.0. The fourth-order valence-electron chi connectivity index (χ4n) is 0.690. The molecule has 11 heavy (non-hydrogen) atoms. The first-order valence-corrected chi connectivity index (χ1v) is 3.54. The molecule has 0 rings (SSSR count). The SMILES string of the molecule is CN(C=O)CCCCC(=O)O. The van der Waals surface area contributed by atoms with E-state index in [-0.39, 0.29) is 6.42 Å². The minimum Gasteiger partial charge on any atom is -0.481 e. The number of amides is 1. The summed E-state index contributed by atoms with van der Waals surface area (Å²) in [6.07, 6.45) is 2.31. The van der Waals surface area contributed by atoms with E-state index in [1.165, 1.54) is 4.90 Å². The van der Waals surface area contributed by atoms with Gasteiger partial charge in [0.25, 0.3) is 0 Å². The van der Waals surface area contributed by atoms with Crippen LogP contribution in [0.15, 0.2) is 0 Å². The monoisotopic (exact) mass is 159 g/mol. The van der Waals surface area contributed by atoms with Crippen molar-refractivity contribution < 1.29 is 14.7 Å². The molecule has 0 bridgehead atoms. The Morgan fingerprint density at radius 2 is 2.18 bits per heavy atom. The number of unbranched alkanes of at least 4 members (excludes halogenated alkanes) is 1. The van der Waals surface area contributed by atoms with E-state index in [9.17, 15) is 9.59 Å². The van der Waals surface area contributed by atoms with Gasteiger partial charge in [-0.1, -0.05) is 0 Å². The molecule has 0 radical (unpaired) electrons. The predicted octanol–water partition coefficient (Wildman–Crippen LogP) is 0.329. The smallest absolute Gasteiger partial charge is 0.303 e. The predicted molar refractivity (Wildman–Crippen MR) is 40.2 cm³/mol. The van der Waals surface area contributed by atoms with E-state index in [4.69, 9.17) is 5.11 Å². The zero-order valence-corrected chi connectivity index (χ0v) is 6.62. The quantitative estimate of drug-likeness (QED) is 0.449. The van der Waals surface area contributed by atoms with Crippen molar-refractivity contribution in [2.75, 3.05) is 13.6 Å². The van der Waals surface area contributed by atoms with Crippen molar-refractivity contribution in [2.45, 2.75) is 19.3 Å². The molecule has 0 spiro atoms. The molecular weight excluding hydrogens is 146 g/mol. The fourth-order valence-corrected chi connectivity index (χ4v) is 0.690. The highest BCUT2D eigenvalue weighted by Gasteiger charge is 1.97. The van der Waals surface area contributed by atoms with Gasteiger partial charge in [0.1, 0.15) is 0 Å². The Balaban J connectivity index is 3.14. The molecule has 4 nitrogen and oxygen atoms in total. The van der Waals surface area contributed by atoms with E-state index in [0.29, 0.717) is 13.0 Å². The second-order valence-corrected chi connectivity index (χ2v) is 2.44. The van der Waals surface area contributed by atoms with Gasteiger partial charge in [-0.25, -0.2) is 0 Å². The van der Waals surface area contributed by atoms with E-state index in [1.54, 1.807) is 7.05 Å². The molecule has 4 heteroatoms. The summed E-state index contributed by atoms with van der Waals surface area (Å²) in [6, 6.07) is 0. The molecule has 0 aromatic rings. The maximum absolute atomic E-state index is 10.0. The zero-order valence-electron chi connectivity index (χ0n) is 6.62. The summed E-state index contributed by atoms with van der Waals surface area (Å²) in [5.41, 5.74) is 0. The first-order valence-electron chi connectivity index (χ1n) is 3.54. The molecule has 0 aliphatic rings. The Morgan fingerprint density at radius 3 is 2.64 bits per heavy atom. The Bertz CT molecular complexity index is 136. The standard InChI is InChI=1S/C7H13NO3/c1-8(6-9)5-3-2-4-7(10)11/h6H,2-5H2,1H3,(H,10,11). The van der Waals surface area contributed by atoms with Crippen LogP contribution in [0.3, 0.4) is 0 Å². The summed E-state index contributed by atoms with van der Waals surface area (Å²) in [7, 11) is 1.67. The lowest BCUT2D eigenvalue weighted by Crippen LogP contribution is -2.17. The number of carbonyl (C=O) groups excluding carboxylic acids is 1. The van der Waals surface area contributed by atoms with Crippen LogP contribution in [-0.4, -0.2) is 36.0 Å². The van der Waals surface area contributed by atoms with Crippen molar-refractivity contribution in [3.63, 3.8) is 0 Å². The summed E-state index contributed by atoms with van der Waals surface area (Å²) in [5, 5.41) is 8.25. The third-order valence-corrected chi connectivity index (χ3v) is 1.33.